The number of aliphatic imine (C=N–C) groups is 1. The summed E-state index contributed by atoms with van der Waals surface area (Å²) in [6.45, 7) is 3.74. The number of hydrogen-bond donors (Lipinski definition) is 2. The van der Waals surface area contributed by atoms with Gasteiger partial charge < -0.3 is 4.42 Å². The minimum absolute atomic E-state index is 0.0146. The van der Waals surface area contributed by atoms with Gasteiger partial charge in [-0.15, -0.1) is 0 Å². The summed E-state index contributed by atoms with van der Waals surface area (Å²) in [5, 5.41) is 2.61. The second-order valence-electron chi connectivity index (χ2n) is 6.36. The third kappa shape index (κ3) is 3.70. The van der Waals surface area contributed by atoms with Crippen LogP contribution in [-0.2, 0) is 19.7 Å². The number of nitrogens with zero attached hydrogens (tertiary/aromatic N) is 1. The van der Waals surface area contributed by atoms with Crippen molar-refractivity contribution in [2.45, 2.75) is 25.4 Å². The Morgan fingerprint density at radius 1 is 1.29 bits per heavy atom. The van der Waals surface area contributed by atoms with E-state index in [0.717, 1.165) is 17.3 Å². The maximum absolute atomic E-state index is 12.8. The van der Waals surface area contributed by atoms with Crippen molar-refractivity contribution in [3.8, 4) is 0 Å². The van der Waals surface area contributed by atoms with Gasteiger partial charge in [0.05, 0.1) is 10.9 Å². The average Bonchev–Trinajstić information content (AvgIpc) is 2.64. The highest BCUT2D eigenvalue weighted by Crippen LogP contribution is 2.19. The van der Waals surface area contributed by atoms with Crippen LogP contribution in [0.5, 0.6) is 0 Å². The molecule has 0 radical (unpaired) electrons. The molecule has 9 nitrogen and oxygen atoms in total. The Labute approximate surface area is 159 Å². The van der Waals surface area contributed by atoms with Crippen molar-refractivity contribution in [1.82, 2.24) is 5.32 Å². The van der Waals surface area contributed by atoms with Gasteiger partial charge in [-0.25, -0.2) is 0 Å². The van der Waals surface area contributed by atoms with Crippen molar-refractivity contribution in [2.75, 3.05) is 0 Å². The summed E-state index contributed by atoms with van der Waals surface area (Å²) in [6.07, 6.45) is 3.52. The highest BCUT2D eigenvalue weighted by molar-refractivity contribution is 7.86. The first-order chi connectivity index (χ1) is 13.1. The number of rotatable bonds is 4. The lowest BCUT2D eigenvalue weighted by molar-refractivity contribution is -0.130. The predicted molar refractivity (Wildman–Crippen MR) is 102 cm³/mol. The minimum Gasteiger partial charge on any atom is -0.463 e. The van der Waals surface area contributed by atoms with E-state index in [1.54, 1.807) is 12.1 Å². The van der Waals surface area contributed by atoms with Gasteiger partial charge in [0.1, 0.15) is 17.9 Å². The average molecular weight is 404 g/mol. The first kappa shape index (κ1) is 19.8. The summed E-state index contributed by atoms with van der Waals surface area (Å²) in [5.74, 6) is -0.984. The number of carbonyl (C=O) groups is 2. The molecule has 28 heavy (non-hydrogen) atoms. The largest absolute Gasteiger partial charge is 0.463 e. The van der Waals surface area contributed by atoms with Gasteiger partial charge in [0, 0.05) is 6.21 Å². The fourth-order valence-electron chi connectivity index (χ4n) is 2.79. The standard InChI is InChI=1S/C18H16N2O7S/c1-9-3-13-15(4-10(9)2)27-8-12(17(13)23)5-11-6-19-18(28(24,25)26)20-16(11)14(22)7-21/h3-8,16,18,20H,1-2H3,(H,24,25,26). The molecule has 0 saturated carbocycles. The van der Waals surface area contributed by atoms with Crippen LogP contribution in [0.3, 0.4) is 0 Å². The van der Waals surface area contributed by atoms with Crippen LogP contribution in [0.4, 0.5) is 0 Å². The van der Waals surface area contributed by atoms with Crippen LogP contribution >= 0.6 is 0 Å². The number of aldehydes is 1. The first-order valence-corrected chi connectivity index (χ1v) is 9.61. The van der Waals surface area contributed by atoms with E-state index in [0.29, 0.717) is 11.0 Å². The van der Waals surface area contributed by atoms with Crippen LogP contribution in [0.2, 0.25) is 0 Å². The number of Topliss-reactive ketones (excluding diaryl/α,β-unsaturated/α-hetero) is 1. The lowest BCUT2D eigenvalue weighted by Gasteiger charge is -2.24. The highest BCUT2D eigenvalue weighted by Gasteiger charge is 2.33. The smallest absolute Gasteiger partial charge is 0.302 e. The van der Waals surface area contributed by atoms with Crippen LogP contribution in [0, 0.1) is 13.8 Å². The van der Waals surface area contributed by atoms with Crippen molar-refractivity contribution in [2.24, 2.45) is 4.99 Å². The van der Waals surface area contributed by atoms with Crippen LogP contribution in [-0.4, -0.2) is 42.8 Å². The molecule has 2 aromatic rings. The lowest BCUT2D eigenvalue weighted by atomic mass is 10.00. The van der Waals surface area contributed by atoms with Gasteiger partial charge in [-0.1, -0.05) is 0 Å². The molecule has 1 aliphatic rings. The number of ketones is 1. The first-order valence-electron chi connectivity index (χ1n) is 8.10. The fourth-order valence-corrected chi connectivity index (χ4v) is 3.31. The van der Waals surface area contributed by atoms with Crippen LogP contribution in [0.25, 0.3) is 17.0 Å². The van der Waals surface area contributed by atoms with Crippen molar-refractivity contribution < 1.29 is 27.0 Å². The van der Waals surface area contributed by atoms with Gasteiger partial charge in [0.25, 0.3) is 0 Å². The van der Waals surface area contributed by atoms with E-state index in [9.17, 15) is 22.8 Å². The molecule has 1 aromatic heterocycles. The van der Waals surface area contributed by atoms with E-state index in [2.05, 4.69) is 10.3 Å². The Morgan fingerprint density at radius 2 is 1.96 bits per heavy atom. The summed E-state index contributed by atoms with van der Waals surface area (Å²) >= 11 is 0. The molecule has 2 atom stereocenters. The molecular weight excluding hydrogens is 388 g/mol. The van der Waals surface area contributed by atoms with Crippen molar-refractivity contribution in [1.29, 1.82) is 0 Å². The quantitative estimate of drug-likeness (QED) is 0.432. The maximum atomic E-state index is 12.8. The molecule has 0 fully saturated rings. The van der Waals surface area contributed by atoms with Crippen LogP contribution in [0.1, 0.15) is 16.7 Å². The van der Waals surface area contributed by atoms with E-state index in [1.807, 2.05) is 13.8 Å². The summed E-state index contributed by atoms with van der Waals surface area (Å²) in [6, 6.07) is 2.03. The number of fused-ring (bicyclic) bond motifs is 1. The molecule has 0 bridgehead atoms. The second kappa shape index (κ2) is 7.23. The van der Waals surface area contributed by atoms with Gasteiger partial charge in [-0.05, 0) is 48.8 Å². The second-order valence-corrected chi connectivity index (χ2v) is 7.84. The van der Waals surface area contributed by atoms with E-state index < -0.39 is 27.4 Å². The Hall–Kier alpha value is -2.95. The molecule has 2 N–H and O–H groups in total. The van der Waals surface area contributed by atoms with Gasteiger partial charge in [-0.3, -0.25) is 29.2 Å². The van der Waals surface area contributed by atoms with Crippen molar-refractivity contribution in [3.63, 3.8) is 0 Å². The summed E-state index contributed by atoms with van der Waals surface area (Å²) < 4.78 is 37.1. The van der Waals surface area contributed by atoms with E-state index in [4.69, 9.17) is 8.97 Å². The predicted octanol–water partition coefficient (Wildman–Crippen LogP) is 0.775. The van der Waals surface area contributed by atoms with Gasteiger partial charge in [-0.2, -0.15) is 8.42 Å². The van der Waals surface area contributed by atoms with Gasteiger partial charge in [0.2, 0.25) is 11.3 Å². The molecule has 10 heteroatoms. The summed E-state index contributed by atoms with van der Waals surface area (Å²) in [4.78, 5) is 39.2. The highest BCUT2D eigenvalue weighted by atomic mass is 32.2. The topological polar surface area (TPSA) is 143 Å². The number of aryl methyl sites for hydroxylation is 2. The zero-order chi connectivity index (χ0) is 20.6. The molecule has 0 amide bonds. The third-order valence-electron chi connectivity index (χ3n) is 4.42. The molecule has 0 spiro atoms. The molecule has 1 aromatic carbocycles. The van der Waals surface area contributed by atoms with Crippen molar-refractivity contribution in [3.05, 3.63) is 50.9 Å². The van der Waals surface area contributed by atoms with E-state index in [1.165, 1.54) is 12.3 Å². The van der Waals surface area contributed by atoms with E-state index >= 15 is 0 Å². The monoisotopic (exact) mass is 404 g/mol. The fraction of sp³-hybridized carbons (Fsp3) is 0.222. The van der Waals surface area contributed by atoms with Crippen molar-refractivity contribution >= 4 is 45.4 Å². The Bertz CT molecular complexity index is 1210. The summed E-state index contributed by atoms with van der Waals surface area (Å²) in [5.41, 5.74) is 0.267. The van der Waals surface area contributed by atoms with E-state index in [-0.39, 0.29) is 22.9 Å². The van der Waals surface area contributed by atoms with Crippen LogP contribution in [0.15, 0.2) is 38.2 Å². The SMILES string of the molecule is Cc1cc2occ(C=C3C=NC(S(=O)(=O)O)NC3C(=O)C=O)c(=O)c2cc1C. The summed E-state index contributed by atoms with van der Waals surface area (Å²) in [7, 11) is -4.63. The molecular formula is C18H16N2O7S. The lowest BCUT2D eigenvalue weighted by Crippen LogP contribution is -2.50. The Balaban J connectivity index is 2.14. The molecule has 3 rings (SSSR count). The van der Waals surface area contributed by atoms with Crippen LogP contribution < -0.4 is 10.7 Å². The van der Waals surface area contributed by atoms with Gasteiger partial charge in [0.15, 0.2) is 11.7 Å². The Kier molecular flexibility index (Phi) is 5.11. The normalized spacial score (nSPS) is 21.2. The number of nitrogens with one attached hydrogen (secondary N) is 1. The molecule has 1 aliphatic heterocycles. The third-order valence-corrected chi connectivity index (χ3v) is 5.24. The number of hydrogen-bond acceptors (Lipinski definition) is 8. The molecule has 146 valence electrons. The Morgan fingerprint density at radius 3 is 2.61 bits per heavy atom. The molecule has 0 saturated heterocycles. The molecule has 0 aliphatic carbocycles. The minimum atomic E-state index is -4.63. The molecule has 2 unspecified atom stereocenters. The number of carbonyl (C=O) groups excluding carboxylic acids is 2. The molecule has 2 heterocycles. The number of benzene rings is 1. The maximum Gasteiger partial charge on any atom is 0.302 e. The zero-order valence-corrected chi connectivity index (χ0v) is 15.7. The zero-order valence-electron chi connectivity index (χ0n) is 14.9. The van der Waals surface area contributed by atoms with Gasteiger partial charge >= 0.3 is 10.1 Å².